The SMILES string of the molecule is CCOC(OCC)c1cn(Cc2c(Cl)c(C)nn2C)nn1. The number of aromatic nitrogens is 5. The van der Waals surface area contributed by atoms with Crippen molar-refractivity contribution in [1.82, 2.24) is 24.8 Å². The van der Waals surface area contributed by atoms with Crippen LogP contribution in [-0.4, -0.2) is 38.0 Å². The second kappa shape index (κ2) is 7.02. The van der Waals surface area contributed by atoms with Gasteiger partial charge in [0.1, 0.15) is 5.69 Å². The summed E-state index contributed by atoms with van der Waals surface area (Å²) >= 11 is 6.24. The lowest BCUT2D eigenvalue weighted by Crippen LogP contribution is -2.09. The fraction of sp³-hybridized carbons (Fsp3) is 0.615. The number of hydrogen-bond donors (Lipinski definition) is 0. The Balaban J connectivity index is 2.15. The molecule has 2 heterocycles. The van der Waals surface area contributed by atoms with Crippen LogP contribution in [0.2, 0.25) is 5.02 Å². The molecule has 2 rings (SSSR count). The third kappa shape index (κ3) is 3.61. The maximum absolute atomic E-state index is 6.24. The number of rotatable bonds is 7. The van der Waals surface area contributed by atoms with Crippen LogP contribution in [0.1, 0.15) is 37.2 Å². The molecule has 0 spiro atoms. The third-order valence-corrected chi connectivity index (χ3v) is 3.50. The van der Waals surface area contributed by atoms with E-state index in [4.69, 9.17) is 21.1 Å². The van der Waals surface area contributed by atoms with Gasteiger partial charge in [-0.15, -0.1) is 5.10 Å². The standard InChI is InChI=1S/C13H20ClN5O2/c1-5-20-13(21-6-2)10-7-19(17-15-10)8-11-12(14)9(3)16-18(11)4/h7,13H,5-6,8H2,1-4H3. The van der Waals surface area contributed by atoms with E-state index in [1.165, 1.54) is 0 Å². The van der Waals surface area contributed by atoms with Gasteiger partial charge in [-0.3, -0.25) is 4.68 Å². The Kier molecular flexibility index (Phi) is 5.33. The fourth-order valence-electron chi connectivity index (χ4n) is 2.03. The zero-order valence-corrected chi connectivity index (χ0v) is 13.5. The molecule has 0 unspecified atom stereocenters. The Morgan fingerprint density at radius 1 is 1.29 bits per heavy atom. The van der Waals surface area contributed by atoms with Gasteiger partial charge in [-0.1, -0.05) is 16.8 Å². The Morgan fingerprint density at radius 3 is 2.48 bits per heavy atom. The van der Waals surface area contributed by atoms with E-state index in [9.17, 15) is 0 Å². The number of halogens is 1. The first-order valence-corrected chi connectivity index (χ1v) is 7.25. The summed E-state index contributed by atoms with van der Waals surface area (Å²) in [5, 5.41) is 13.1. The highest BCUT2D eigenvalue weighted by Gasteiger charge is 2.17. The van der Waals surface area contributed by atoms with Crippen LogP contribution in [0, 0.1) is 6.92 Å². The summed E-state index contributed by atoms with van der Waals surface area (Å²) in [4.78, 5) is 0. The average Bonchev–Trinajstić information content (AvgIpc) is 3.00. The minimum atomic E-state index is -0.488. The zero-order chi connectivity index (χ0) is 15.4. The molecule has 0 bridgehead atoms. The third-order valence-electron chi connectivity index (χ3n) is 3.01. The number of nitrogens with zero attached hydrogens (tertiary/aromatic N) is 5. The predicted molar refractivity (Wildman–Crippen MR) is 78.1 cm³/mol. The van der Waals surface area contributed by atoms with Crippen molar-refractivity contribution in [1.29, 1.82) is 0 Å². The van der Waals surface area contributed by atoms with Gasteiger partial charge in [0.25, 0.3) is 0 Å². The first-order chi connectivity index (χ1) is 10.1. The molecule has 0 aliphatic carbocycles. The summed E-state index contributed by atoms with van der Waals surface area (Å²) < 4.78 is 14.5. The highest BCUT2D eigenvalue weighted by molar-refractivity contribution is 6.31. The maximum atomic E-state index is 6.24. The molecule has 0 radical (unpaired) electrons. The highest BCUT2D eigenvalue weighted by Crippen LogP contribution is 2.21. The van der Waals surface area contributed by atoms with Crippen LogP contribution in [-0.2, 0) is 23.1 Å². The van der Waals surface area contributed by atoms with Gasteiger partial charge in [-0.05, 0) is 20.8 Å². The molecule has 0 amide bonds. The van der Waals surface area contributed by atoms with Crippen molar-refractivity contribution < 1.29 is 9.47 Å². The van der Waals surface area contributed by atoms with Crippen molar-refractivity contribution in [2.24, 2.45) is 7.05 Å². The van der Waals surface area contributed by atoms with Gasteiger partial charge in [-0.2, -0.15) is 5.10 Å². The van der Waals surface area contributed by atoms with E-state index in [0.29, 0.717) is 30.5 Å². The van der Waals surface area contributed by atoms with Crippen LogP contribution in [0.3, 0.4) is 0 Å². The Morgan fingerprint density at radius 2 is 1.95 bits per heavy atom. The van der Waals surface area contributed by atoms with Gasteiger partial charge in [-0.25, -0.2) is 4.68 Å². The van der Waals surface area contributed by atoms with Crippen molar-refractivity contribution in [3.05, 3.63) is 28.3 Å². The predicted octanol–water partition coefficient (Wildman–Crippen LogP) is 2.09. The smallest absolute Gasteiger partial charge is 0.204 e. The van der Waals surface area contributed by atoms with Crippen LogP contribution in [0.4, 0.5) is 0 Å². The lowest BCUT2D eigenvalue weighted by Gasteiger charge is -2.13. The normalized spacial score (nSPS) is 11.5. The summed E-state index contributed by atoms with van der Waals surface area (Å²) in [5.74, 6) is 0. The monoisotopic (exact) mass is 313 g/mol. The largest absolute Gasteiger partial charge is 0.347 e. The van der Waals surface area contributed by atoms with Crippen LogP contribution in [0.15, 0.2) is 6.20 Å². The molecule has 0 aliphatic heterocycles. The number of hydrogen-bond acceptors (Lipinski definition) is 5. The maximum Gasteiger partial charge on any atom is 0.204 e. The molecule has 2 aromatic heterocycles. The summed E-state index contributed by atoms with van der Waals surface area (Å²) in [6, 6.07) is 0. The van der Waals surface area contributed by atoms with Gasteiger partial charge in [0, 0.05) is 20.3 Å². The van der Waals surface area contributed by atoms with E-state index in [1.54, 1.807) is 15.6 Å². The molecule has 116 valence electrons. The first-order valence-electron chi connectivity index (χ1n) is 6.88. The summed E-state index contributed by atoms with van der Waals surface area (Å²) in [6.07, 6.45) is 1.31. The molecular formula is C13H20ClN5O2. The quantitative estimate of drug-likeness (QED) is 0.732. The lowest BCUT2D eigenvalue weighted by molar-refractivity contribution is -0.142. The van der Waals surface area contributed by atoms with Crippen molar-refractivity contribution in [3.8, 4) is 0 Å². The van der Waals surface area contributed by atoms with Gasteiger partial charge in [0.2, 0.25) is 6.29 Å². The van der Waals surface area contributed by atoms with Crippen LogP contribution in [0.5, 0.6) is 0 Å². The van der Waals surface area contributed by atoms with Crippen molar-refractivity contribution in [3.63, 3.8) is 0 Å². The molecule has 0 N–H and O–H groups in total. The molecule has 0 aromatic carbocycles. The molecule has 8 heteroatoms. The first kappa shape index (κ1) is 15.9. The fourth-order valence-corrected chi connectivity index (χ4v) is 2.25. The Hall–Kier alpha value is -1.44. The van der Waals surface area contributed by atoms with Gasteiger partial charge < -0.3 is 9.47 Å². The Bertz CT molecular complexity index is 589. The molecule has 2 aromatic rings. The zero-order valence-electron chi connectivity index (χ0n) is 12.7. The summed E-state index contributed by atoms with van der Waals surface area (Å²) in [5.41, 5.74) is 2.33. The van der Waals surface area contributed by atoms with Gasteiger partial charge >= 0.3 is 0 Å². The molecular weight excluding hydrogens is 294 g/mol. The van der Waals surface area contributed by atoms with Gasteiger partial charge in [0.05, 0.1) is 29.2 Å². The molecule has 0 aliphatic rings. The van der Waals surface area contributed by atoms with E-state index >= 15 is 0 Å². The lowest BCUT2D eigenvalue weighted by atomic mass is 10.3. The van der Waals surface area contributed by atoms with E-state index in [0.717, 1.165) is 11.4 Å². The highest BCUT2D eigenvalue weighted by atomic mass is 35.5. The second-order valence-corrected chi connectivity index (χ2v) is 4.93. The summed E-state index contributed by atoms with van der Waals surface area (Å²) in [7, 11) is 1.86. The van der Waals surface area contributed by atoms with Crippen molar-refractivity contribution in [2.75, 3.05) is 13.2 Å². The number of aryl methyl sites for hydroxylation is 2. The van der Waals surface area contributed by atoms with Gasteiger partial charge in [0.15, 0.2) is 0 Å². The van der Waals surface area contributed by atoms with E-state index in [1.807, 2.05) is 27.8 Å². The minimum absolute atomic E-state index is 0.488. The summed E-state index contributed by atoms with van der Waals surface area (Å²) in [6.45, 7) is 7.28. The van der Waals surface area contributed by atoms with Crippen LogP contribution < -0.4 is 0 Å². The molecule has 0 atom stereocenters. The van der Waals surface area contributed by atoms with E-state index < -0.39 is 6.29 Å². The topological polar surface area (TPSA) is 67.0 Å². The van der Waals surface area contributed by atoms with E-state index in [-0.39, 0.29) is 0 Å². The second-order valence-electron chi connectivity index (χ2n) is 4.55. The van der Waals surface area contributed by atoms with Crippen molar-refractivity contribution in [2.45, 2.75) is 33.6 Å². The van der Waals surface area contributed by atoms with E-state index in [2.05, 4.69) is 15.4 Å². The molecule has 0 saturated carbocycles. The Labute approximate surface area is 128 Å². The minimum Gasteiger partial charge on any atom is -0.347 e. The van der Waals surface area contributed by atoms with Crippen LogP contribution >= 0.6 is 11.6 Å². The molecule has 21 heavy (non-hydrogen) atoms. The van der Waals surface area contributed by atoms with Crippen molar-refractivity contribution >= 4 is 11.6 Å². The number of ether oxygens (including phenoxy) is 2. The van der Waals surface area contributed by atoms with Crippen LogP contribution in [0.25, 0.3) is 0 Å². The molecule has 7 nitrogen and oxygen atoms in total. The molecule has 0 saturated heterocycles. The average molecular weight is 314 g/mol. The molecule has 0 fully saturated rings.